The summed E-state index contributed by atoms with van der Waals surface area (Å²) in [6, 6.07) is -1.75. The van der Waals surface area contributed by atoms with Gasteiger partial charge in [-0.1, -0.05) is 0 Å². The van der Waals surface area contributed by atoms with E-state index in [1.165, 1.54) is 6.92 Å². The Hall–Kier alpha value is -0.730. The predicted octanol–water partition coefficient (Wildman–Crippen LogP) is -3.11. The van der Waals surface area contributed by atoms with Gasteiger partial charge in [0.25, 0.3) is 0 Å². The lowest BCUT2D eigenvalue weighted by Gasteiger charge is -2.40. The van der Waals surface area contributed by atoms with Crippen LogP contribution in [0.15, 0.2) is 0 Å². The molecule has 1 saturated heterocycles. The minimum absolute atomic E-state index is 0.382. The van der Waals surface area contributed by atoms with Crippen LogP contribution in [0.2, 0.25) is 0 Å². The minimum Gasteiger partial charge on any atom is -0.394 e. The lowest BCUT2D eigenvalue weighted by Crippen LogP contribution is -2.67. The number of nitrogens with one attached hydrogen (secondary N) is 1. The van der Waals surface area contributed by atoms with Gasteiger partial charge in [0, 0.05) is 6.92 Å². The molecule has 0 saturated carbocycles. The predicted molar refractivity (Wildman–Crippen MR) is 49.6 cm³/mol. The number of amides is 1. The van der Waals surface area contributed by atoms with E-state index in [0.29, 0.717) is 0 Å². The molecule has 1 aliphatic rings. The van der Waals surface area contributed by atoms with Crippen LogP contribution < -0.4 is 11.1 Å². The SMILES string of the molecule is CC(=O)N[C@H]1[C@@H](N)[C@H](O)[C@@H](CO)O[C@H]1O. The van der Waals surface area contributed by atoms with Crippen LogP contribution in [0.25, 0.3) is 0 Å². The molecule has 0 spiro atoms. The molecule has 0 aromatic rings. The molecule has 7 nitrogen and oxygen atoms in total. The minimum atomic E-state index is -1.33. The van der Waals surface area contributed by atoms with Crippen LogP contribution in [0.4, 0.5) is 0 Å². The van der Waals surface area contributed by atoms with E-state index < -0.39 is 37.2 Å². The number of aliphatic hydroxyl groups excluding tert-OH is 3. The molecule has 0 aromatic carbocycles. The molecule has 1 aliphatic heterocycles. The summed E-state index contributed by atoms with van der Waals surface area (Å²) < 4.78 is 4.89. The van der Waals surface area contributed by atoms with Crippen molar-refractivity contribution in [2.75, 3.05) is 6.61 Å². The Kier molecular flexibility index (Phi) is 4.00. The molecule has 5 atom stereocenters. The summed E-state index contributed by atoms with van der Waals surface area (Å²) in [6.07, 6.45) is -3.39. The Bertz CT molecular complexity index is 237. The first-order valence-corrected chi connectivity index (χ1v) is 4.62. The van der Waals surface area contributed by atoms with Crippen molar-refractivity contribution >= 4 is 5.91 Å². The third-order valence-corrected chi connectivity index (χ3v) is 2.36. The first-order valence-electron chi connectivity index (χ1n) is 4.62. The van der Waals surface area contributed by atoms with Gasteiger partial charge in [0.2, 0.25) is 5.91 Å². The number of aliphatic hydroxyl groups is 3. The van der Waals surface area contributed by atoms with Crippen molar-refractivity contribution in [3.63, 3.8) is 0 Å². The Labute approximate surface area is 86.8 Å². The molecule has 88 valence electrons. The molecule has 7 heteroatoms. The van der Waals surface area contributed by atoms with Crippen LogP contribution in [0.1, 0.15) is 6.92 Å². The topological polar surface area (TPSA) is 125 Å². The summed E-state index contributed by atoms with van der Waals surface area (Å²) in [5.41, 5.74) is 5.61. The second-order valence-corrected chi connectivity index (χ2v) is 3.54. The molecular weight excluding hydrogens is 204 g/mol. The van der Waals surface area contributed by atoms with Crippen molar-refractivity contribution in [2.45, 2.75) is 37.5 Å². The van der Waals surface area contributed by atoms with Crippen molar-refractivity contribution in [1.29, 1.82) is 0 Å². The number of carbonyl (C=O) groups excluding carboxylic acids is 1. The number of rotatable bonds is 2. The van der Waals surface area contributed by atoms with Gasteiger partial charge in [0.05, 0.1) is 24.8 Å². The molecule has 0 aliphatic carbocycles. The Morgan fingerprint density at radius 1 is 1.53 bits per heavy atom. The van der Waals surface area contributed by atoms with E-state index in [2.05, 4.69) is 5.32 Å². The fourth-order valence-electron chi connectivity index (χ4n) is 1.55. The first kappa shape index (κ1) is 12.3. The highest BCUT2D eigenvalue weighted by atomic mass is 16.6. The second-order valence-electron chi connectivity index (χ2n) is 3.54. The van der Waals surface area contributed by atoms with Gasteiger partial charge < -0.3 is 31.1 Å². The highest BCUT2D eigenvalue weighted by molar-refractivity contribution is 5.73. The van der Waals surface area contributed by atoms with Gasteiger partial charge in [-0.05, 0) is 0 Å². The van der Waals surface area contributed by atoms with Crippen LogP contribution >= 0.6 is 0 Å². The van der Waals surface area contributed by atoms with E-state index in [-0.39, 0.29) is 5.91 Å². The second kappa shape index (κ2) is 4.86. The summed E-state index contributed by atoms with van der Waals surface area (Å²) >= 11 is 0. The van der Waals surface area contributed by atoms with Crippen molar-refractivity contribution < 1.29 is 24.9 Å². The van der Waals surface area contributed by atoms with Crippen LogP contribution in [-0.2, 0) is 9.53 Å². The van der Waals surface area contributed by atoms with Crippen molar-refractivity contribution in [3.05, 3.63) is 0 Å². The molecule has 0 unspecified atom stereocenters. The van der Waals surface area contributed by atoms with E-state index in [4.69, 9.17) is 15.6 Å². The summed E-state index contributed by atoms with van der Waals surface area (Å²) in [4.78, 5) is 10.8. The highest BCUT2D eigenvalue weighted by Gasteiger charge is 2.42. The molecule has 6 N–H and O–H groups in total. The number of hydrogen-bond acceptors (Lipinski definition) is 6. The number of ether oxygens (including phenoxy) is 1. The lowest BCUT2D eigenvalue weighted by atomic mass is 9.95. The summed E-state index contributed by atoms with van der Waals surface area (Å²) in [6.45, 7) is 0.822. The van der Waals surface area contributed by atoms with E-state index >= 15 is 0 Å². The average Bonchev–Trinajstić information content (AvgIpc) is 2.18. The quantitative estimate of drug-likeness (QED) is 0.335. The standard InChI is InChI=1S/C8H16N2O5/c1-3(12)10-6-5(9)7(13)4(2-11)15-8(6)14/h4-8,11,13-14H,2,9H2,1H3,(H,10,12)/t4-,5-,6+,7-,8-/m1/s1. The molecular formula is C8H16N2O5. The molecule has 15 heavy (non-hydrogen) atoms. The number of nitrogens with two attached hydrogens (primary N) is 1. The zero-order valence-electron chi connectivity index (χ0n) is 8.33. The fourth-order valence-corrected chi connectivity index (χ4v) is 1.55. The maximum Gasteiger partial charge on any atom is 0.217 e. The van der Waals surface area contributed by atoms with Gasteiger partial charge in [-0.3, -0.25) is 4.79 Å². The van der Waals surface area contributed by atoms with Crippen LogP contribution in [0.3, 0.4) is 0 Å². The van der Waals surface area contributed by atoms with Gasteiger partial charge >= 0.3 is 0 Å². The Morgan fingerprint density at radius 2 is 2.13 bits per heavy atom. The molecule has 1 amide bonds. The zero-order valence-corrected chi connectivity index (χ0v) is 8.33. The van der Waals surface area contributed by atoms with Crippen LogP contribution in [0.5, 0.6) is 0 Å². The average molecular weight is 220 g/mol. The molecule has 1 fully saturated rings. The van der Waals surface area contributed by atoms with Crippen LogP contribution in [-0.4, -0.2) is 58.4 Å². The maximum atomic E-state index is 10.8. The zero-order chi connectivity index (χ0) is 11.6. The van der Waals surface area contributed by atoms with Crippen molar-refractivity contribution in [3.8, 4) is 0 Å². The maximum absolute atomic E-state index is 10.8. The molecule has 1 rings (SSSR count). The van der Waals surface area contributed by atoms with Gasteiger partial charge in [-0.2, -0.15) is 0 Å². The third kappa shape index (κ3) is 2.64. The van der Waals surface area contributed by atoms with E-state index in [1.807, 2.05) is 0 Å². The van der Waals surface area contributed by atoms with Gasteiger partial charge in [0.15, 0.2) is 6.29 Å². The number of hydrogen-bond donors (Lipinski definition) is 5. The van der Waals surface area contributed by atoms with Crippen molar-refractivity contribution in [2.24, 2.45) is 5.73 Å². The van der Waals surface area contributed by atoms with Crippen LogP contribution in [0, 0.1) is 0 Å². The summed E-state index contributed by atoms with van der Waals surface area (Å²) in [5, 5.41) is 30.2. The third-order valence-electron chi connectivity index (χ3n) is 2.36. The van der Waals surface area contributed by atoms with Crippen molar-refractivity contribution in [1.82, 2.24) is 5.32 Å². The highest BCUT2D eigenvalue weighted by Crippen LogP contribution is 2.18. The smallest absolute Gasteiger partial charge is 0.217 e. The normalized spacial score (nSPS) is 41.3. The van der Waals surface area contributed by atoms with E-state index in [1.54, 1.807) is 0 Å². The van der Waals surface area contributed by atoms with Gasteiger partial charge in [-0.15, -0.1) is 0 Å². The van der Waals surface area contributed by atoms with E-state index in [9.17, 15) is 15.0 Å². The molecule has 0 radical (unpaired) electrons. The summed E-state index contributed by atoms with van der Waals surface area (Å²) in [5.74, 6) is -0.382. The van der Waals surface area contributed by atoms with E-state index in [0.717, 1.165) is 0 Å². The van der Waals surface area contributed by atoms with Gasteiger partial charge in [-0.25, -0.2) is 0 Å². The molecule has 0 aromatic heterocycles. The Morgan fingerprint density at radius 3 is 2.60 bits per heavy atom. The first-order chi connectivity index (χ1) is 6.97. The monoisotopic (exact) mass is 220 g/mol. The lowest BCUT2D eigenvalue weighted by molar-refractivity contribution is -0.227. The van der Waals surface area contributed by atoms with Gasteiger partial charge in [0.1, 0.15) is 6.10 Å². The fraction of sp³-hybridized carbons (Fsp3) is 0.875. The number of carbonyl (C=O) groups is 1. The Balaban J connectivity index is 2.70. The molecule has 0 bridgehead atoms. The summed E-state index contributed by atoms with van der Waals surface area (Å²) in [7, 11) is 0. The largest absolute Gasteiger partial charge is 0.394 e. The molecule has 1 heterocycles.